The zero-order chi connectivity index (χ0) is 12.6. The molecule has 0 saturated carbocycles. The molecular formula is C11H12Br2N2OS. The lowest BCUT2D eigenvalue weighted by Gasteiger charge is -2.09. The molecule has 0 saturated heterocycles. The Hall–Kier alpha value is -0.170. The predicted molar refractivity (Wildman–Crippen MR) is 76.3 cm³/mol. The van der Waals surface area contributed by atoms with Gasteiger partial charge in [-0.3, -0.25) is 4.68 Å². The van der Waals surface area contributed by atoms with E-state index in [-0.39, 0.29) is 0 Å². The molecule has 0 aliphatic heterocycles. The molecule has 1 unspecified atom stereocenters. The molecule has 0 aliphatic carbocycles. The summed E-state index contributed by atoms with van der Waals surface area (Å²) in [5, 5.41) is 16.5. The van der Waals surface area contributed by atoms with Gasteiger partial charge in [0.25, 0.3) is 0 Å². The third kappa shape index (κ3) is 2.81. The first-order valence-corrected chi connectivity index (χ1v) is 7.55. The maximum absolute atomic E-state index is 10.2. The van der Waals surface area contributed by atoms with Crippen LogP contribution in [0.3, 0.4) is 0 Å². The van der Waals surface area contributed by atoms with Crippen molar-refractivity contribution in [3.05, 3.63) is 36.7 Å². The highest BCUT2D eigenvalue weighted by Gasteiger charge is 2.17. The molecule has 1 N–H and O–H groups in total. The van der Waals surface area contributed by atoms with Crippen molar-refractivity contribution in [3.8, 4) is 0 Å². The molecule has 92 valence electrons. The van der Waals surface area contributed by atoms with Crippen molar-refractivity contribution in [2.45, 2.75) is 19.4 Å². The lowest BCUT2D eigenvalue weighted by molar-refractivity contribution is 0.179. The highest BCUT2D eigenvalue weighted by molar-refractivity contribution is 9.10. The number of thiophene rings is 1. The second-order valence-corrected chi connectivity index (χ2v) is 6.51. The number of halogens is 2. The molecule has 1 atom stereocenters. The number of hydrogen-bond donors (Lipinski definition) is 1. The van der Waals surface area contributed by atoms with Crippen LogP contribution in [-0.2, 0) is 13.5 Å². The van der Waals surface area contributed by atoms with Gasteiger partial charge in [0.15, 0.2) is 0 Å². The molecule has 2 aromatic heterocycles. The van der Waals surface area contributed by atoms with Gasteiger partial charge in [-0.2, -0.15) is 5.10 Å². The largest absolute Gasteiger partial charge is 0.387 e. The summed E-state index contributed by atoms with van der Waals surface area (Å²) in [5.41, 5.74) is 1.96. The van der Waals surface area contributed by atoms with Crippen molar-refractivity contribution in [2.24, 2.45) is 7.05 Å². The Balaban J connectivity index is 2.21. The van der Waals surface area contributed by atoms with Gasteiger partial charge < -0.3 is 5.11 Å². The quantitative estimate of drug-likeness (QED) is 0.884. The van der Waals surface area contributed by atoms with Gasteiger partial charge in [-0.05, 0) is 44.8 Å². The van der Waals surface area contributed by atoms with E-state index >= 15 is 0 Å². The summed E-state index contributed by atoms with van der Waals surface area (Å²) < 4.78 is 3.80. The Kier molecular flexibility index (Phi) is 4.07. The normalized spacial score (nSPS) is 13.0. The Labute approximate surface area is 121 Å². The number of aliphatic hydroxyl groups is 1. The minimum absolute atomic E-state index is 0.489. The lowest BCUT2D eigenvalue weighted by Crippen LogP contribution is -2.05. The van der Waals surface area contributed by atoms with Crippen molar-refractivity contribution in [2.75, 3.05) is 0 Å². The summed E-state index contributed by atoms with van der Waals surface area (Å²) in [6.07, 6.45) is 0.0719. The van der Waals surface area contributed by atoms with Crippen LogP contribution in [0.5, 0.6) is 0 Å². The smallest absolute Gasteiger partial charge is 0.0937 e. The standard InChI is InChI=1S/C11H12Br2N2OS/c1-6-11(13)8(15(2)14-6)4-9(16)10-3-7(12)5-17-10/h3,5,9,16H,4H2,1-2H3. The van der Waals surface area contributed by atoms with Crippen LogP contribution in [0.25, 0.3) is 0 Å². The monoisotopic (exact) mass is 378 g/mol. The molecule has 0 fully saturated rings. The number of aromatic nitrogens is 2. The molecule has 0 radical (unpaired) electrons. The van der Waals surface area contributed by atoms with Crippen LogP contribution in [0.4, 0.5) is 0 Å². The van der Waals surface area contributed by atoms with Crippen LogP contribution >= 0.6 is 43.2 Å². The molecule has 2 rings (SSSR count). The highest BCUT2D eigenvalue weighted by atomic mass is 79.9. The number of aliphatic hydroxyl groups excluding tert-OH is 1. The molecular weight excluding hydrogens is 368 g/mol. The SMILES string of the molecule is Cc1nn(C)c(CC(O)c2cc(Br)cs2)c1Br. The second-order valence-electron chi connectivity index (χ2n) is 3.86. The average molecular weight is 380 g/mol. The summed E-state index contributed by atoms with van der Waals surface area (Å²) in [5.74, 6) is 0. The van der Waals surface area contributed by atoms with E-state index in [1.54, 1.807) is 11.3 Å². The first-order valence-electron chi connectivity index (χ1n) is 5.09. The Bertz CT molecular complexity index is 536. The molecule has 3 nitrogen and oxygen atoms in total. The number of nitrogens with zero attached hydrogens (tertiary/aromatic N) is 2. The van der Waals surface area contributed by atoms with Crippen LogP contribution in [0.15, 0.2) is 20.4 Å². The van der Waals surface area contributed by atoms with Crippen LogP contribution in [-0.4, -0.2) is 14.9 Å². The fraction of sp³-hybridized carbons (Fsp3) is 0.364. The van der Waals surface area contributed by atoms with Gasteiger partial charge in [-0.15, -0.1) is 11.3 Å². The summed E-state index contributed by atoms with van der Waals surface area (Å²) in [6.45, 7) is 1.95. The minimum Gasteiger partial charge on any atom is -0.387 e. The zero-order valence-corrected chi connectivity index (χ0v) is 13.4. The molecule has 0 aliphatic rings. The van der Waals surface area contributed by atoms with Crippen molar-refractivity contribution >= 4 is 43.2 Å². The van der Waals surface area contributed by atoms with E-state index in [9.17, 15) is 5.11 Å². The van der Waals surface area contributed by atoms with Crippen molar-refractivity contribution < 1.29 is 5.11 Å². The van der Waals surface area contributed by atoms with Crippen molar-refractivity contribution in [3.63, 3.8) is 0 Å². The first-order chi connectivity index (χ1) is 7.99. The van der Waals surface area contributed by atoms with Gasteiger partial charge in [-0.25, -0.2) is 0 Å². The summed E-state index contributed by atoms with van der Waals surface area (Å²) in [4.78, 5) is 0.961. The maximum atomic E-state index is 10.2. The van der Waals surface area contributed by atoms with Crippen LogP contribution in [0, 0.1) is 6.92 Å². The minimum atomic E-state index is -0.489. The fourth-order valence-electron chi connectivity index (χ4n) is 1.69. The summed E-state index contributed by atoms with van der Waals surface area (Å²) >= 11 is 8.45. The van der Waals surface area contributed by atoms with Gasteiger partial charge in [0.05, 0.1) is 22.0 Å². The second kappa shape index (κ2) is 5.22. The van der Waals surface area contributed by atoms with Gasteiger partial charge >= 0.3 is 0 Å². The molecule has 0 spiro atoms. The molecule has 0 amide bonds. The molecule has 2 heterocycles. The third-order valence-electron chi connectivity index (χ3n) is 2.56. The van der Waals surface area contributed by atoms with Gasteiger partial charge in [-0.1, -0.05) is 0 Å². The van der Waals surface area contributed by atoms with E-state index in [1.165, 1.54) is 0 Å². The van der Waals surface area contributed by atoms with Crippen molar-refractivity contribution in [1.82, 2.24) is 9.78 Å². The molecule has 0 bridgehead atoms. The van der Waals surface area contributed by atoms with Gasteiger partial charge in [0.1, 0.15) is 0 Å². The highest BCUT2D eigenvalue weighted by Crippen LogP contribution is 2.30. The molecule has 2 aromatic rings. The van der Waals surface area contributed by atoms with Gasteiger partial charge in [0.2, 0.25) is 0 Å². The van der Waals surface area contributed by atoms with E-state index in [2.05, 4.69) is 37.0 Å². The average Bonchev–Trinajstić information content (AvgIpc) is 2.79. The third-order valence-corrected chi connectivity index (χ3v) is 5.39. The number of hydrogen-bond acceptors (Lipinski definition) is 3. The van der Waals surface area contributed by atoms with Gasteiger partial charge in [0, 0.05) is 28.2 Å². The maximum Gasteiger partial charge on any atom is 0.0937 e. The number of aryl methyl sites for hydroxylation is 2. The number of rotatable bonds is 3. The van der Waals surface area contributed by atoms with E-state index < -0.39 is 6.10 Å². The van der Waals surface area contributed by atoms with Crippen LogP contribution < -0.4 is 0 Å². The van der Waals surface area contributed by atoms with Crippen LogP contribution in [0.2, 0.25) is 0 Å². The van der Waals surface area contributed by atoms with E-state index in [0.717, 1.165) is 25.2 Å². The Morgan fingerprint density at radius 2 is 2.24 bits per heavy atom. The first kappa shape index (κ1) is 13.3. The predicted octanol–water partition coefficient (Wildman–Crippen LogP) is 3.59. The van der Waals surface area contributed by atoms with E-state index in [1.807, 2.05) is 30.1 Å². The van der Waals surface area contributed by atoms with Crippen LogP contribution in [0.1, 0.15) is 22.4 Å². The van der Waals surface area contributed by atoms with E-state index in [4.69, 9.17) is 0 Å². The lowest BCUT2D eigenvalue weighted by atomic mass is 10.1. The molecule has 6 heteroatoms. The van der Waals surface area contributed by atoms with Crippen molar-refractivity contribution in [1.29, 1.82) is 0 Å². The topological polar surface area (TPSA) is 38.0 Å². The molecule has 0 aromatic carbocycles. The fourth-order valence-corrected chi connectivity index (χ4v) is 3.62. The zero-order valence-electron chi connectivity index (χ0n) is 9.44. The molecule has 17 heavy (non-hydrogen) atoms. The Morgan fingerprint density at radius 3 is 2.71 bits per heavy atom. The summed E-state index contributed by atoms with van der Waals surface area (Å²) in [7, 11) is 1.89. The summed E-state index contributed by atoms with van der Waals surface area (Å²) in [6, 6.07) is 1.95. The van der Waals surface area contributed by atoms with E-state index in [0.29, 0.717) is 6.42 Å². The Morgan fingerprint density at radius 1 is 1.53 bits per heavy atom.